The van der Waals surface area contributed by atoms with Crippen molar-refractivity contribution >= 4 is 0 Å². The highest BCUT2D eigenvalue weighted by atomic mass is 14.5. The van der Waals surface area contributed by atoms with Crippen LogP contribution in [0.15, 0.2) is 12.2 Å². The fourth-order valence-corrected chi connectivity index (χ4v) is 3.41. The molecule has 2 saturated carbocycles. The standard InChI is InChI=1S/C16H28/c1-11(2)14(15-10-13(15)5)6-7-16(8-9-16)12(3)4/h11-12,14-15H,5-10H2,1-4H3. The van der Waals surface area contributed by atoms with E-state index in [2.05, 4.69) is 34.3 Å². The summed E-state index contributed by atoms with van der Waals surface area (Å²) in [6.07, 6.45) is 7.20. The van der Waals surface area contributed by atoms with E-state index in [1.807, 2.05) is 0 Å². The quantitative estimate of drug-likeness (QED) is 0.549. The van der Waals surface area contributed by atoms with Crippen LogP contribution in [0.25, 0.3) is 0 Å². The van der Waals surface area contributed by atoms with E-state index < -0.39 is 0 Å². The van der Waals surface area contributed by atoms with Gasteiger partial charge < -0.3 is 0 Å². The number of rotatable bonds is 6. The van der Waals surface area contributed by atoms with Crippen LogP contribution < -0.4 is 0 Å². The van der Waals surface area contributed by atoms with E-state index in [9.17, 15) is 0 Å². The van der Waals surface area contributed by atoms with Crippen molar-refractivity contribution in [3.8, 4) is 0 Å². The highest BCUT2D eigenvalue weighted by Gasteiger charge is 2.46. The fourth-order valence-electron chi connectivity index (χ4n) is 3.41. The van der Waals surface area contributed by atoms with Gasteiger partial charge in [0.25, 0.3) is 0 Å². The topological polar surface area (TPSA) is 0 Å². The Morgan fingerprint density at radius 1 is 1.25 bits per heavy atom. The van der Waals surface area contributed by atoms with Gasteiger partial charge >= 0.3 is 0 Å². The first-order chi connectivity index (χ1) is 7.46. The van der Waals surface area contributed by atoms with Gasteiger partial charge in [0.1, 0.15) is 0 Å². The van der Waals surface area contributed by atoms with Crippen molar-refractivity contribution in [2.75, 3.05) is 0 Å². The van der Waals surface area contributed by atoms with E-state index in [0.717, 1.165) is 29.1 Å². The maximum absolute atomic E-state index is 4.15. The van der Waals surface area contributed by atoms with Crippen molar-refractivity contribution in [1.82, 2.24) is 0 Å². The number of hydrogen-bond donors (Lipinski definition) is 0. The first-order valence-corrected chi connectivity index (χ1v) is 7.14. The van der Waals surface area contributed by atoms with Gasteiger partial charge in [0.15, 0.2) is 0 Å². The molecule has 0 aromatic rings. The summed E-state index contributed by atoms with van der Waals surface area (Å²) >= 11 is 0. The zero-order chi connectivity index (χ0) is 11.9. The molecule has 0 spiro atoms. The van der Waals surface area contributed by atoms with Crippen molar-refractivity contribution in [3.05, 3.63) is 12.2 Å². The van der Waals surface area contributed by atoms with E-state index >= 15 is 0 Å². The molecule has 2 fully saturated rings. The molecule has 0 heteroatoms. The number of hydrogen-bond acceptors (Lipinski definition) is 0. The largest absolute Gasteiger partial charge is 0.0995 e. The monoisotopic (exact) mass is 220 g/mol. The first-order valence-electron chi connectivity index (χ1n) is 7.14. The zero-order valence-corrected chi connectivity index (χ0v) is 11.6. The Labute approximate surface area is 102 Å². The summed E-state index contributed by atoms with van der Waals surface area (Å²) in [5, 5.41) is 0. The fraction of sp³-hybridized carbons (Fsp3) is 0.875. The molecule has 2 unspecified atom stereocenters. The van der Waals surface area contributed by atoms with Crippen LogP contribution in [0.3, 0.4) is 0 Å². The summed E-state index contributed by atoms with van der Waals surface area (Å²) in [6, 6.07) is 0. The van der Waals surface area contributed by atoms with E-state index in [4.69, 9.17) is 0 Å². The molecule has 92 valence electrons. The molecular formula is C16H28. The van der Waals surface area contributed by atoms with Crippen LogP contribution >= 0.6 is 0 Å². The van der Waals surface area contributed by atoms with Crippen LogP contribution in [0.4, 0.5) is 0 Å². The lowest BCUT2D eigenvalue weighted by Gasteiger charge is -2.25. The maximum Gasteiger partial charge on any atom is -0.0138 e. The first kappa shape index (κ1) is 12.2. The average Bonchev–Trinajstić information content (AvgIpc) is 3.05. The second kappa shape index (κ2) is 4.20. The van der Waals surface area contributed by atoms with Gasteiger partial charge in [-0.05, 0) is 61.2 Å². The summed E-state index contributed by atoms with van der Waals surface area (Å²) in [7, 11) is 0. The minimum Gasteiger partial charge on any atom is -0.0995 e. The van der Waals surface area contributed by atoms with E-state index in [1.165, 1.54) is 37.7 Å². The van der Waals surface area contributed by atoms with Crippen LogP contribution in [-0.4, -0.2) is 0 Å². The summed E-state index contributed by atoms with van der Waals surface area (Å²) < 4.78 is 0. The highest BCUT2D eigenvalue weighted by molar-refractivity contribution is 5.20. The van der Waals surface area contributed by atoms with E-state index in [0.29, 0.717) is 0 Å². The molecule has 2 aliphatic carbocycles. The van der Waals surface area contributed by atoms with Crippen molar-refractivity contribution in [2.24, 2.45) is 29.1 Å². The Balaban J connectivity index is 1.85. The molecule has 2 atom stereocenters. The van der Waals surface area contributed by atoms with Gasteiger partial charge in [0.05, 0.1) is 0 Å². The minimum absolute atomic E-state index is 0.739. The van der Waals surface area contributed by atoms with Gasteiger partial charge in [-0.25, -0.2) is 0 Å². The van der Waals surface area contributed by atoms with Crippen molar-refractivity contribution in [2.45, 2.75) is 59.8 Å². The smallest absolute Gasteiger partial charge is 0.0138 e. The molecule has 0 aliphatic heterocycles. The van der Waals surface area contributed by atoms with Crippen LogP contribution in [0.2, 0.25) is 0 Å². The molecule has 2 aliphatic rings. The normalized spacial score (nSPS) is 28.6. The second-order valence-corrected chi connectivity index (χ2v) is 6.93. The Kier molecular flexibility index (Phi) is 3.20. The lowest BCUT2D eigenvalue weighted by molar-refractivity contribution is 0.250. The predicted octanol–water partition coefficient (Wildman–Crippen LogP) is 5.05. The molecule has 2 rings (SSSR count). The summed E-state index contributed by atoms with van der Waals surface area (Å²) in [5.41, 5.74) is 2.26. The molecule has 0 nitrogen and oxygen atoms in total. The predicted molar refractivity (Wildman–Crippen MR) is 71.3 cm³/mol. The second-order valence-electron chi connectivity index (χ2n) is 6.93. The third-order valence-electron chi connectivity index (χ3n) is 5.31. The van der Waals surface area contributed by atoms with Crippen LogP contribution in [-0.2, 0) is 0 Å². The Morgan fingerprint density at radius 2 is 1.81 bits per heavy atom. The lowest BCUT2D eigenvalue weighted by atomic mass is 9.80. The molecule has 0 heterocycles. The van der Waals surface area contributed by atoms with Gasteiger partial charge in [-0.15, -0.1) is 0 Å². The van der Waals surface area contributed by atoms with Crippen molar-refractivity contribution in [1.29, 1.82) is 0 Å². The summed E-state index contributed by atoms with van der Waals surface area (Å²) in [4.78, 5) is 0. The highest BCUT2D eigenvalue weighted by Crippen LogP contribution is 2.57. The zero-order valence-electron chi connectivity index (χ0n) is 11.6. The number of allylic oxidation sites excluding steroid dienone is 1. The minimum atomic E-state index is 0.739. The molecule has 16 heavy (non-hydrogen) atoms. The van der Waals surface area contributed by atoms with Gasteiger partial charge in [0, 0.05) is 0 Å². The van der Waals surface area contributed by atoms with E-state index in [-0.39, 0.29) is 0 Å². The molecule has 0 amide bonds. The van der Waals surface area contributed by atoms with Gasteiger partial charge in [0.2, 0.25) is 0 Å². The van der Waals surface area contributed by atoms with Crippen LogP contribution in [0.5, 0.6) is 0 Å². The Bertz CT molecular complexity index is 268. The molecular weight excluding hydrogens is 192 g/mol. The van der Waals surface area contributed by atoms with Crippen molar-refractivity contribution < 1.29 is 0 Å². The summed E-state index contributed by atoms with van der Waals surface area (Å²) in [6.45, 7) is 13.8. The third kappa shape index (κ3) is 2.36. The Hall–Kier alpha value is -0.260. The molecule has 0 aromatic carbocycles. The molecule has 0 radical (unpaired) electrons. The molecule has 0 saturated heterocycles. The SMILES string of the molecule is C=C1CC1C(CCC1(C(C)C)CC1)C(C)C. The van der Waals surface area contributed by atoms with Gasteiger partial charge in [-0.3, -0.25) is 0 Å². The van der Waals surface area contributed by atoms with Crippen LogP contribution in [0.1, 0.15) is 59.8 Å². The lowest BCUT2D eigenvalue weighted by Crippen LogP contribution is -2.16. The molecule has 0 bridgehead atoms. The van der Waals surface area contributed by atoms with Gasteiger partial charge in [-0.2, -0.15) is 0 Å². The third-order valence-corrected chi connectivity index (χ3v) is 5.31. The summed E-state index contributed by atoms with van der Waals surface area (Å²) in [5.74, 6) is 3.53. The van der Waals surface area contributed by atoms with Crippen LogP contribution in [0, 0.1) is 29.1 Å². The molecule has 0 aromatic heterocycles. The molecule has 0 N–H and O–H groups in total. The Morgan fingerprint density at radius 3 is 2.12 bits per heavy atom. The maximum atomic E-state index is 4.15. The van der Waals surface area contributed by atoms with Gasteiger partial charge in [-0.1, -0.05) is 39.8 Å². The van der Waals surface area contributed by atoms with Crippen molar-refractivity contribution in [3.63, 3.8) is 0 Å². The average molecular weight is 220 g/mol. The van der Waals surface area contributed by atoms with E-state index in [1.54, 1.807) is 0 Å².